The molecule has 1 aliphatic rings. The van der Waals surface area contributed by atoms with E-state index in [1.165, 1.54) is 12.8 Å². The van der Waals surface area contributed by atoms with E-state index in [0.29, 0.717) is 35.7 Å². The summed E-state index contributed by atoms with van der Waals surface area (Å²) in [5, 5.41) is 7.19. The predicted molar refractivity (Wildman–Crippen MR) is 83.0 cm³/mol. The minimum Gasteiger partial charge on any atom is -0.477 e. The number of rotatable bonds is 6. The summed E-state index contributed by atoms with van der Waals surface area (Å²) in [6, 6.07) is 3.80. The van der Waals surface area contributed by atoms with Crippen LogP contribution < -0.4 is 10.1 Å². The molecule has 0 aliphatic heterocycles. The SMILES string of the molecule is CCOc1ncccc1C(=O)Nc1cnn(C(C)C2CC2)c1. The maximum atomic E-state index is 12.4. The lowest BCUT2D eigenvalue weighted by atomic mass is 10.2. The van der Waals surface area contributed by atoms with Gasteiger partial charge in [-0.2, -0.15) is 5.10 Å². The van der Waals surface area contributed by atoms with Crippen LogP contribution in [0, 0.1) is 5.92 Å². The molecule has 0 radical (unpaired) electrons. The molecular formula is C16H20N4O2. The third-order valence-corrected chi connectivity index (χ3v) is 3.88. The lowest BCUT2D eigenvalue weighted by Gasteiger charge is -2.10. The summed E-state index contributed by atoms with van der Waals surface area (Å²) < 4.78 is 7.30. The van der Waals surface area contributed by atoms with Crippen molar-refractivity contribution in [3.05, 3.63) is 36.3 Å². The first-order valence-corrected chi connectivity index (χ1v) is 7.62. The van der Waals surface area contributed by atoms with E-state index in [1.54, 1.807) is 24.5 Å². The third kappa shape index (κ3) is 3.10. The van der Waals surface area contributed by atoms with Gasteiger partial charge in [-0.3, -0.25) is 9.48 Å². The van der Waals surface area contributed by atoms with Crippen LogP contribution in [-0.2, 0) is 0 Å². The van der Waals surface area contributed by atoms with Crippen LogP contribution in [0.5, 0.6) is 5.88 Å². The van der Waals surface area contributed by atoms with Gasteiger partial charge >= 0.3 is 0 Å². The van der Waals surface area contributed by atoms with Crippen LogP contribution in [0.4, 0.5) is 5.69 Å². The first-order valence-electron chi connectivity index (χ1n) is 7.62. The Balaban J connectivity index is 1.71. The van der Waals surface area contributed by atoms with Crippen LogP contribution in [0.2, 0.25) is 0 Å². The highest BCUT2D eigenvalue weighted by atomic mass is 16.5. The number of amides is 1. The summed E-state index contributed by atoms with van der Waals surface area (Å²) in [5.74, 6) is 0.822. The smallest absolute Gasteiger partial charge is 0.261 e. The van der Waals surface area contributed by atoms with E-state index in [1.807, 2.05) is 17.8 Å². The van der Waals surface area contributed by atoms with E-state index in [-0.39, 0.29) is 5.91 Å². The molecule has 6 nitrogen and oxygen atoms in total. The van der Waals surface area contributed by atoms with Gasteiger partial charge in [0, 0.05) is 12.4 Å². The predicted octanol–water partition coefficient (Wildman–Crippen LogP) is 2.90. The average molecular weight is 300 g/mol. The fourth-order valence-electron chi connectivity index (χ4n) is 2.43. The summed E-state index contributed by atoms with van der Waals surface area (Å²) in [4.78, 5) is 16.5. The molecule has 1 atom stereocenters. The quantitative estimate of drug-likeness (QED) is 0.890. The molecule has 1 aliphatic carbocycles. The summed E-state index contributed by atoms with van der Waals surface area (Å²) in [6.07, 6.45) is 7.68. The zero-order chi connectivity index (χ0) is 15.5. The molecule has 0 aromatic carbocycles. The van der Waals surface area contributed by atoms with Gasteiger partial charge in [0.25, 0.3) is 5.91 Å². The molecule has 1 unspecified atom stereocenters. The Labute approximate surface area is 129 Å². The fraction of sp³-hybridized carbons (Fsp3) is 0.438. The fourth-order valence-corrected chi connectivity index (χ4v) is 2.43. The molecule has 2 heterocycles. The summed E-state index contributed by atoms with van der Waals surface area (Å²) >= 11 is 0. The molecule has 1 saturated carbocycles. The van der Waals surface area contributed by atoms with Crippen LogP contribution in [0.3, 0.4) is 0 Å². The van der Waals surface area contributed by atoms with Gasteiger partial charge < -0.3 is 10.1 Å². The second kappa shape index (κ2) is 6.17. The van der Waals surface area contributed by atoms with Crippen LogP contribution in [0.25, 0.3) is 0 Å². The number of aromatic nitrogens is 3. The Morgan fingerprint density at radius 1 is 1.55 bits per heavy atom. The standard InChI is InChI=1S/C16H20N4O2/c1-3-22-16-14(5-4-8-17-16)15(21)19-13-9-18-20(10-13)11(2)12-6-7-12/h4-5,8-12H,3,6-7H2,1-2H3,(H,19,21). The van der Waals surface area contributed by atoms with Crippen LogP contribution >= 0.6 is 0 Å². The van der Waals surface area contributed by atoms with Crippen LogP contribution in [0.1, 0.15) is 43.1 Å². The third-order valence-electron chi connectivity index (χ3n) is 3.88. The Bertz CT molecular complexity index is 664. The Morgan fingerprint density at radius 3 is 3.09 bits per heavy atom. The number of carbonyl (C=O) groups excluding carboxylic acids is 1. The molecule has 22 heavy (non-hydrogen) atoms. The van der Waals surface area contributed by atoms with Gasteiger partial charge in [-0.05, 0) is 44.7 Å². The summed E-state index contributed by atoms with van der Waals surface area (Å²) in [5.41, 5.74) is 1.11. The molecule has 0 spiro atoms. The van der Waals surface area contributed by atoms with E-state index in [0.717, 1.165) is 0 Å². The molecule has 2 aromatic heterocycles. The van der Waals surface area contributed by atoms with Gasteiger partial charge in [0.1, 0.15) is 5.56 Å². The van der Waals surface area contributed by atoms with Gasteiger partial charge in [-0.25, -0.2) is 4.98 Å². The first-order chi connectivity index (χ1) is 10.7. The minimum absolute atomic E-state index is 0.241. The van der Waals surface area contributed by atoms with Crippen molar-refractivity contribution in [1.82, 2.24) is 14.8 Å². The van der Waals surface area contributed by atoms with E-state index < -0.39 is 0 Å². The number of pyridine rings is 1. The van der Waals surface area contributed by atoms with Crippen LogP contribution in [0.15, 0.2) is 30.7 Å². The van der Waals surface area contributed by atoms with E-state index in [2.05, 4.69) is 22.3 Å². The molecule has 6 heteroatoms. The zero-order valence-electron chi connectivity index (χ0n) is 12.8. The number of carbonyl (C=O) groups is 1. The Kier molecular flexibility index (Phi) is 4.09. The Morgan fingerprint density at radius 2 is 2.36 bits per heavy atom. The number of hydrogen-bond donors (Lipinski definition) is 1. The molecule has 1 amide bonds. The monoisotopic (exact) mass is 300 g/mol. The summed E-state index contributed by atoms with van der Waals surface area (Å²) in [6.45, 7) is 4.48. The second-order valence-electron chi connectivity index (χ2n) is 5.53. The number of hydrogen-bond acceptors (Lipinski definition) is 4. The Hall–Kier alpha value is -2.37. The van der Waals surface area contributed by atoms with Gasteiger partial charge in [-0.15, -0.1) is 0 Å². The number of nitrogens with one attached hydrogen (secondary N) is 1. The van der Waals surface area contributed by atoms with E-state index in [9.17, 15) is 4.79 Å². The molecule has 3 rings (SSSR count). The van der Waals surface area contributed by atoms with Crippen molar-refractivity contribution < 1.29 is 9.53 Å². The molecule has 0 saturated heterocycles. The van der Waals surface area contributed by atoms with E-state index >= 15 is 0 Å². The second-order valence-corrected chi connectivity index (χ2v) is 5.53. The topological polar surface area (TPSA) is 69.0 Å². The molecule has 2 aromatic rings. The van der Waals surface area contributed by atoms with Crippen molar-refractivity contribution in [2.24, 2.45) is 5.92 Å². The first kappa shape index (κ1) is 14.6. The lowest BCUT2D eigenvalue weighted by Crippen LogP contribution is -2.14. The molecule has 116 valence electrons. The number of nitrogens with zero attached hydrogens (tertiary/aromatic N) is 3. The van der Waals surface area contributed by atoms with Crippen molar-refractivity contribution in [2.75, 3.05) is 11.9 Å². The van der Waals surface area contributed by atoms with Crippen molar-refractivity contribution in [3.63, 3.8) is 0 Å². The van der Waals surface area contributed by atoms with Gasteiger partial charge in [-0.1, -0.05) is 0 Å². The van der Waals surface area contributed by atoms with Gasteiger partial charge in [0.2, 0.25) is 5.88 Å². The average Bonchev–Trinajstić information content (AvgIpc) is 3.27. The van der Waals surface area contributed by atoms with Crippen LogP contribution in [-0.4, -0.2) is 27.3 Å². The number of ether oxygens (including phenoxy) is 1. The molecule has 1 fully saturated rings. The minimum atomic E-state index is -0.241. The van der Waals surface area contributed by atoms with Crippen molar-refractivity contribution >= 4 is 11.6 Å². The highest BCUT2D eigenvalue weighted by molar-refractivity contribution is 6.05. The number of anilines is 1. The van der Waals surface area contributed by atoms with Crippen molar-refractivity contribution in [2.45, 2.75) is 32.7 Å². The van der Waals surface area contributed by atoms with E-state index in [4.69, 9.17) is 4.74 Å². The normalized spacial score (nSPS) is 15.4. The zero-order valence-corrected chi connectivity index (χ0v) is 12.8. The molecule has 1 N–H and O–H groups in total. The largest absolute Gasteiger partial charge is 0.477 e. The molecule has 0 bridgehead atoms. The lowest BCUT2D eigenvalue weighted by molar-refractivity contribution is 0.102. The maximum Gasteiger partial charge on any atom is 0.261 e. The summed E-state index contributed by atoms with van der Waals surface area (Å²) in [7, 11) is 0. The van der Waals surface area contributed by atoms with Crippen molar-refractivity contribution in [3.8, 4) is 5.88 Å². The molecular weight excluding hydrogens is 280 g/mol. The highest BCUT2D eigenvalue weighted by Crippen LogP contribution is 2.39. The van der Waals surface area contributed by atoms with Gasteiger partial charge in [0.05, 0.1) is 24.5 Å². The van der Waals surface area contributed by atoms with Crippen molar-refractivity contribution in [1.29, 1.82) is 0 Å². The van der Waals surface area contributed by atoms with Gasteiger partial charge in [0.15, 0.2) is 0 Å². The maximum absolute atomic E-state index is 12.4. The highest BCUT2D eigenvalue weighted by Gasteiger charge is 2.29.